The molecule has 292 valence electrons. The van der Waals surface area contributed by atoms with Crippen LogP contribution in [0.3, 0.4) is 0 Å². The maximum absolute atomic E-state index is 2.42. The predicted octanol–water partition coefficient (Wildman–Crippen LogP) is 17.5. The Morgan fingerprint density at radius 1 is 0.258 bits per heavy atom. The van der Waals surface area contributed by atoms with E-state index in [9.17, 15) is 0 Å². The first kappa shape index (κ1) is 37.2. The Morgan fingerprint density at radius 2 is 0.710 bits per heavy atom. The zero-order valence-corrected chi connectivity index (χ0v) is 34.8. The van der Waals surface area contributed by atoms with Gasteiger partial charge in [0, 0.05) is 37.1 Å². The third-order valence-corrected chi connectivity index (χ3v) is 13.1. The molecule has 10 aromatic carbocycles. The van der Waals surface area contributed by atoms with Crippen molar-refractivity contribution in [3.8, 4) is 66.8 Å². The van der Waals surface area contributed by atoms with Crippen LogP contribution in [-0.2, 0) is 0 Å². The number of hydrogen-bond acceptors (Lipinski definition) is 2. The monoisotopic (exact) mass is 807 g/mol. The highest BCUT2D eigenvalue weighted by molar-refractivity contribution is 7.25. The van der Waals surface area contributed by atoms with E-state index in [1.54, 1.807) is 0 Å². The normalized spacial score (nSPS) is 11.2. The van der Waals surface area contributed by atoms with Crippen molar-refractivity contribution >= 4 is 48.6 Å². The average Bonchev–Trinajstić information content (AvgIpc) is 3.75. The Bertz CT molecular complexity index is 3300. The number of anilines is 3. The summed E-state index contributed by atoms with van der Waals surface area (Å²) in [6.45, 7) is 0. The Labute approximate surface area is 367 Å². The topological polar surface area (TPSA) is 3.24 Å². The smallest absolute Gasteiger partial charge is 0.0540 e. The van der Waals surface area contributed by atoms with E-state index >= 15 is 0 Å². The van der Waals surface area contributed by atoms with Crippen LogP contribution in [0.1, 0.15) is 0 Å². The van der Waals surface area contributed by atoms with E-state index in [1.807, 2.05) is 11.3 Å². The minimum atomic E-state index is 1.09. The summed E-state index contributed by atoms with van der Waals surface area (Å²) in [5.41, 5.74) is 17.6. The van der Waals surface area contributed by atoms with E-state index in [0.29, 0.717) is 0 Å². The second-order valence-electron chi connectivity index (χ2n) is 15.7. The van der Waals surface area contributed by atoms with Crippen molar-refractivity contribution in [1.29, 1.82) is 0 Å². The molecule has 1 heterocycles. The van der Waals surface area contributed by atoms with Gasteiger partial charge in [-0.25, -0.2) is 0 Å². The first-order valence-electron chi connectivity index (χ1n) is 21.2. The summed E-state index contributed by atoms with van der Waals surface area (Å²) in [4.78, 5) is 2.42. The maximum atomic E-state index is 2.42. The fourth-order valence-electron chi connectivity index (χ4n) is 8.88. The van der Waals surface area contributed by atoms with Crippen LogP contribution in [0.15, 0.2) is 249 Å². The van der Waals surface area contributed by atoms with Crippen LogP contribution >= 0.6 is 11.3 Å². The van der Waals surface area contributed by atoms with Gasteiger partial charge in [-0.3, -0.25) is 0 Å². The van der Waals surface area contributed by atoms with Gasteiger partial charge in [-0.1, -0.05) is 194 Å². The largest absolute Gasteiger partial charge is 0.310 e. The van der Waals surface area contributed by atoms with E-state index in [2.05, 4.69) is 254 Å². The van der Waals surface area contributed by atoms with Crippen molar-refractivity contribution in [1.82, 2.24) is 0 Å². The fourth-order valence-corrected chi connectivity index (χ4v) is 10.0. The molecule has 11 rings (SSSR count). The lowest BCUT2D eigenvalue weighted by atomic mass is 9.89. The summed E-state index contributed by atoms with van der Waals surface area (Å²) in [6.07, 6.45) is 0. The molecule has 0 amide bonds. The minimum absolute atomic E-state index is 1.09. The summed E-state index contributed by atoms with van der Waals surface area (Å²) in [5, 5.41) is 2.63. The summed E-state index contributed by atoms with van der Waals surface area (Å²) >= 11 is 1.86. The first-order valence-corrected chi connectivity index (χ1v) is 22.0. The summed E-state index contributed by atoms with van der Waals surface area (Å²) in [7, 11) is 0. The highest BCUT2D eigenvalue weighted by Gasteiger charge is 2.21. The molecule has 0 bridgehead atoms. The van der Waals surface area contributed by atoms with Crippen molar-refractivity contribution < 1.29 is 0 Å². The molecule has 0 aliphatic heterocycles. The standard InChI is InChI=1S/C60H41NS/c1-5-16-42(17-6-1)44-28-34-50(35-29-44)61(51-36-30-47(31-37-51)53-25-15-27-59-60(53)54-24-13-14-26-58(54)62-59)57-39-33-49(41-56(57)46-22-11-4-12-23-46)52-38-32-48(43-18-7-2-8-19-43)40-55(52)45-20-9-3-10-21-45/h1-41H. The van der Waals surface area contributed by atoms with E-state index in [-0.39, 0.29) is 0 Å². The second-order valence-corrected chi connectivity index (χ2v) is 16.7. The van der Waals surface area contributed by atoms with Crippen LogP contribution in [0.4, 0.5) is 17.1 Å². The molecular formula is C60H41NS. The molecule has 0 unspecified atom stereocenters. The maximum Gasteiger partial charge on any atom is 0.0540 e. The van der Waals surface area contributed by atoms with Crippen LogP contribution in [0.25, 0.3) is 86.9 Å². The fraction of sp³-hybridized carbons (Fsp3) is 0. The average molecular weight is 808 g/mol. The van der Waals surface area contributed by atoms with Crippen LogP contribution in [0.2, 0.25) is 0 Å². The zero-order valence-electron chi connectivity index (χ0n) is 34.0. The van der Waals surface area contributed by atoms with Crippen molar-refractivity contribution in [2.24, 2.45) is 0 Å². The van der Waals surface area contributed by atoms with Crippen LogP contribution in [0, 0.1) is 0 Å². The van der Waals surface area contributed by atoms with Crippen molar-refractivity contribution in [2.75, 3.05) is 4.90 Å². The van der Waals surface area contributed by atoms with Gasteiger partial charge in [-0.05, 0) is 116 Å². The van der Waals surface area contributed by atoms with Gasteiger partial charge in [0.15, 0.2) is 0 Å². The lowest BCUT2D eigenvalue weighted by Gasteiger charge is -2.29. The molecule has 0 saturated heterocycles. The molecule has 0 spiro atoms. The molecule has 2 heteroatoms. The van der Waals surface area contributed by atoms with Gasteiger partial charge in [-0.2, -0.15) is 0 Å². The van der Waals surface area contributed by atoms with E-state index in [4.69, 9.17) is 0 Å². The zero-order chi connectivity index (χ0) is 41.2. The van der Waals surface area contributed by atoms with Gasteiger partial charge >= 0.3 is 0 Å². The number of rotatable bonds is 9. The number of fused-ring (bicyclic) bond motifs is 3. The second kappa shape index (κ2) is 16.3. The predicted molar refractivity (Wildman–Crippen MR) is 267 cm³/mol. The van der Waals surface area contributed by atoms with E-state index in [1.165, 1.54) is 70.2 Å². The first-order chi connectivity index (χ1) is 30.7. The number of thiophene rings is 1. The molecule has 1 aromatic heterocycles. The molecular weight excluding hydrogens is 767 g/mol. The number of hydrogen-bond donors (Lipinski definition) is 0. The van der Waals surface area contributed by atoms with Crippen molar-refractivity contribution in [3.63, 3.8) is 0 Å². The summed E-state index contributed by atoms with van der Waals surface area (Å²) in [6, 6.07) is 90.4. The Balaban J connectivity index is 1.08. The molecule has 0 saturated carbocycles. The van der Waals surface area contributed by atoms with Gasteiger partial charge in [0.2, 0.25) is 0 Å². The van der Waals surface area contributed by atoms with E-state index < -0.39 is 0 Å². The molecule has 0 aliphatic carbocycles. The summed E-state index contributed by atoms with van der Waals surface area (Å²) < 4.78 is 2.63. The number of nitrogens with zero attached hydrogens (tertiary/aromatic N) is 1. The molecule has 0 fully saturated rings. The molecule has 0 atom stereocenters. The van der Waals surface area contributed by atoms with Crippen molar-refractivity contribution in [3.05, 3.63) is 249 Å². The molecule has 62 heavy (non-hydrogen) atoms. The Hall–Kier alpha value is -7.78. The van der Waals surface area contributed by atoms with Gasteiger partial charge < -0.3 is 4.90 Å². The van der Waals surface area contributed by atoms with Gasteiger partial charge in [-0.15, -0.1) is 11.3 Å². The third-order valence-electron chi connectivity index (χ3n) is 11.9. The Morgan fingerprint density at radius 3 is 1.35 bits per heavy atom. The van der Waals surface area contributed by atoms with Gasteiger partial charge in [0.05, 0.1) is 5.69 Å². The summed E-state index contributed by atoms with van der Waals surface area (Å²) in [5.74, 6) is 0. The highest BCUT2D eigenvalue weighted by atomic mass is 32.1. The number of benzene rings is 10. The van der Waals surface area contributed by atoms with Crippen LogP contribution in [0.5, 0.6) is 0 Å². The third kappa shape index (κ3) is 7.07. The molecule has 11 aromatic rings. The molecule has 0 N–H and O–H groups in total. The lowest BCUT2D eigenvalue weighted by Crippen LogP contribution is -2.11. The quantitative estimate of drug-likeness (QED) is 0.140. The Kier molecular flexibility index (Phi) is 9.82. The van der Waals surface area contributed by atoms with Crippen LogP contribution < -0.4 is 4.90 Å². The molecule has 0 aliphatic rings. The van der Waals surface area contributed by atoms with Gasteiger partial charge in [0.25, 0.3) is 0 Å². The van der Waals surface area contributed by atoms with Gasteiger partial charge in [0.1, 0.15) is 0 Å². The highest BCUT2D eigenvalue weighted by Crippen LogP contribution is 2.46. The molecule has 0 radical (unpaired) electrons. The molecule has 1 nitrogen and oxygen atoms in total. The minimum Gasteiger partial charge on any atom is -0.310 e. The van der Waals surface area contributed by atoms with Crippen LogP contribution in [-0.4, -0.2) is 0 Å². The SMILES string of the molecule is c1ccc(-c2ccc(N(c3ccc(-c4cccc5sc6ccccc6c45)cc3)c3ccc(-c4ccc(-c5ccccc5)cc4-c4ccccc4)cc3-c3ccccc3)cc2)cc1. The lowest BCUT2D eigenvalue weighted by molar-refractivity contribution is 1.28. The van der Waals surface area contributed by atoms with Crippen molar-refractivity contribution in [2.45, 2.75) is 0 Å². The van der Waals surface area contributed by atoms with E-state index in [0.717, 1.165) is 33.8 Å².